The molecule has 2 heteroatoms. The maximum absolute atomic E-state index is 3.92. The highest BCUT2D eigenvalue weighted by Gasteiger charge is 1.82. The minimum Gasteiger partial charge on any atom is -0.336 e. The topological polar surface area (TPSA) is 12.0 Å². The van der Waals surface area contributed by atoms with E-state index < -0.39 is 0 Å². The summed E-state index contributed by atoms with van der Waals surface area (Å²) in [6.07, 6.45) is 6.98. The van der Waals surface area contributed by atoms with Crippen LogP contribution in [0.25, 0.3) is 0 Å². The van der Waals surface area contributed by atoms with Gasteiger partial charge in [0, 0.05) is 5.70 Å². The zero-order valence-electron chi connectivity index (χ0n) is 5.89. The van der Waals surface area contributed by atoms with E-state index in [0.29, 0.717) is 0 Å². The second-order valence-corrected chi connectivity index (χ2v) is 1.91. The van der Waals surface area contributed by atoms with E-state index in [1.54, 1.807) is 0 Å². The van der Waals surface area contributed by atoms with Crippen LogP contribution in [0.5, 0.6) is 0 Å². The molecule has 0 amide bonds. The number of nitrogens with one attached hydrogen (secondary N) is 1. The Kier molecular flexibility index (Phi) is 5.52. The molecule has 1 N–H and O–H groups in total. The summed E-state index contributed by atoms with van der Waals surface area (Å²) >= 11 is 3.92. The Morgan fingerprint density at radius 1 is 1.67 bits per heavy atom. The normalized spacial score (nSPS) is 12.6. The van der Waals surface area contributed by atoms with Crippen molar-refractivity contribution in [2.24, 2.45) is 0 Å². The molecule has 0 aromatic rings. The molecule has 9 heavy (non-hydrogen) atoms. The quantitative estimate of drug-likeness (QED) is 0.456. The first-order valence-corrected chi connectivity index (χ1v) is 3.51. The monoisotopic (exact) mass is 143 g/mol. The van der Waals surface area contributed by atoms with Gasteiger partial charge in [-0.25, -0.2) is 0 Å². The van der Waals surface area contributed by atoms with Crippen molar-refractivity contribution in [3.8, 4) is 0 Å². The maximum Gasteiger partial charge on any atom is 0.0205 e. The van der Waals surface area contributed by atoms with Gasteiger partial charge in [0.05, 0.1) is 0 Å². The van der Waals surface area contributed by atoms with E-state index in [4.69, 9.17) is 0 Å². The van der Waals surface area contributed by atoms with Crippen LogP contribution in [0.1, 0.15) is 20.3 Å². The molecule has 0 aliphatic rings. The van der Waals surface area contributed by atoms with Gasteiger partial charge in [-0.3, -0.25) is 0 Å². The molecule has 0 aliphatic heterocycles. The minimum absolute atomic E-state index is 0.994. The summed E-state index contributed by atoms with van der Waals surface area (Å²) in [6.45, 7) is 4.07. The van der Waals surface area contributed by atoms with Crippen molar-refractivity contribution < 1.29 is 0 Å². The lowest BCUT2D eigenvalue weighted by Gasteiger charge is -1.97. The molecule has 0 saturated carbocycles. The molecule has 0 heterocycles. The first-order valence-electron chi connectivity index (χ1n) is 3.07. The smallest absolute Gasteiger partial charge is 0.0205 e. The third-order valence-electron chi connectivity index (χ3n) is 1.01. The lowest BCUT2D eigenvalue weighted by atomic mass is 10.3. The molecule has 1 nitrogen and oxygen atoms in total. The van der Waals surface area contributed by atoms with Crippen LogP contribution in [0.2, 0.25) is 0 Å². The summed E-state index contributed by atoms with van der Waals surface area (Å²) in [4.78, 5) is 0. The highest BCUT2D eigenvalue weighted by Crippen LogP contribution is 1.95. The fourth-order valence-electron chi connectivity index (χ4n) is 0.447. The molecular formula is C7H13NS. The van der Waals surface area contributed by atoms with E-state index in [-0.39, 0.29) is 0 Å². The van der Waals surface area contributed by atoms with Crippen LogP contribution >= 0.6 is 12.8 Å². The van der Waals surface area contributed by atoms with Crippen molar-refractivity contribution in [3.63, 3.8) is 0 Å². The highest BCUT2D eigenvalue weighted by molar-refractivity contribution is 7.78. The highest BCUT2D eigenvalue weighted by atomic mass is 32.1. The predicted molar refractivity (Wildman–Crippen MR) is 45.3 cm³/mol. The van der Waals surface area contributed by atoms with Crippen LogP contribution in [-0.4, -0.2) is 0 Å². The largest absolute Gasteiger partial charge is 0.336 e. The summed E-state index contributed by atoms with van der Waals surface area (Å²) < 4.78 is 2.79. The van der Waals surface area contributed by atoms with E-state index in [2.05, 4.69) is 24.5 Å². The van der Waals surface area contributed by atoms with Gasteiger partial charge in [0.15, 0.2) is 0 Å². The molecule has 0 radical (unpaired) electrons. The molecule has 0 aliphatic carbocycles. The molecule has 0 fully saturated rings. The predicted octanol–water partition coefficient (Wildman–Crippen LogP) is 2.29. The molecule has 0 bridgehead atoms. The summed E-state index contributed by atoms with van der Waals surface area (Å²) in [7, 11) is 0. The summed E-state index contributed by atoms with van der Waals surface area (Å²) in [5.41, 5.74) is 1.14. The van der Waals surface area contributed by atoms with Gasteiger partial charge in [-0.1, -0.05) is 31.9 Å². The van der Waals surface area contributed by atoms with Gasteiger partial charge in [0.1, 0.15) is 0 Å². The van der Waals surface area contributed by atoms with Crippen molar-refractivity contribution >= 4 is 12.8 Å². The van der Waals surface area contributed by atoms with E-state index in [1.807, 2.05) is 25.2 Å². The van der Waals surface area contributed by atoms with Gasteiger partial charge >= 0.3 is 0 Å². The summed E-state index contributed by atoms with van der Waals surface area (Å²) in [5.74, 6) is 0. The van der Waals surface area contributed by atoms with Gasteiger partial charge in [-0.05, 0) is 19.4 Å². The van der Waals surface area contributed by atoms with Crippen LogP contribution in [-0.2, 0) is 0 Å². The number of hydrogen-bond acceptors (Lipinski definition) is 2. The van der Waals surface area contributed by atoms with Crippen molar-refractivity contribution in [1.29, 1.82) is 0 Å². The first-order chi connectivity index (χ1) is 4.35. The average molecular weight is 143 g/mol. The molecule has 0 rings (SSSR count). The van der Waals surface area contributed by atoms with Crippen LogP contribution in [0.15, 0.2) is 23.9 Å². The molecule has 0 aromatic carbocycles. The average Bonchev–Trinajstić information content (AvgIpc) is 1.91. The number of allylic oxidation sites excluding steroid dienone is 4. The molecule has 0 atom stereocenters. The fraction of sp³-hybridized carbons (Fsp3) is 0.429. The Hall–Kier alpha value is -0.370. The Morgan fingerprint density at radius 3 is 2.67 bits per heavy atom. The molecule has 0 unspecified atom stereocenters. The van der Waals surface area contributed by atoms with Crippen molar-refractivity contribution in [3.05, 3.63) is 23.9 Å². The second kappa shape index (κ2) is 5.76. The van der Waals surface area contributed by atoms with Gasteiger partial charge < -0.3 is 4.72 Å². The van der Waals surface area contributed by atoms with Gasteiger partial charge in [-0.2, -0.15) is 0 Å². The van der Waals surface area contributed by atoms with Crippen molar-refractivity contribution in [2.45, 2.75) is 20.3 Å². The first kappa shape index (κ1) is 8.63. The zero-order valence-corrected chi connectivity index (χ0v) is 6.78. The number of hydrogen-bond donors (Lipinski definition) is 2. The lowest BCUT2D eigenvalue weighted by molar-refractivity contribution is 1.02. The molecule has 0 spiro atoms. The second-order valence-electron chi connectivity index (χ2n) is 1.68. The Bertz CT molecular complexity index is 110. The van der Waals surface area contributed by atoms with Crippen LogP contribution in [0, 0.1) is 0 Å². The summed E-state index contributed by atoms with van der Waals surface area (Å²) in [5, 5.41) is 0. The zero-order chi connectivity index (χ0) is 7.11. The molecular weight excluding hydrogens is 130 g/mol. The van der Waals surface area contributed by atoms with E-state index in [0.717, 1.165) is 12.1 Å². The van der Waals surface area contributed by atoms with E-state index in [9.17, 15) is 0 Å². The number of rotatable bonds is 3. The maximum atomic E-state index is 3.92. The van der Waals surface area contributed by atoms with Crippen LogP contribution in [0.3, 0.4) is 0 Å². The van der Waals surface area contributed by atoms with Crippen molar-refractivity contribution in [1.82, 2.24) is 4.72 Å². The third kappa shape index (κ3) is 4.15. The lowest BCUT2D eigenvalue weighted by Crippen LogP contribution is -1.95. The SMILES string of the molecule is C/C=C/C=C(\CC)NS. The Morgan fingerprint density at radius 2 is 2.33 bits per heavy atom. The Balaban J connectivity index is 3.75. The molecule has 52 valence electrons. The van der Waals surface area contributed by atoms with Crippen LogP contribution < -0.4 is 4.72 Å². The third-order valence-corrected chi connectivity index (χ3v) is 1.30. The van der Waals surface area contributed by atoms with Gasteiger partial charge in [0.25, 0.3) is 0 Å². The van der Waals surface area contributed by atoms with Crippen LogP contribution in [0.4, 0.5) is 0 Å². The van der Waals surface area contributed by atoms with Gasteiger partial charge in [-0.15, -0.1) is 0 Å². The van der Waals surface area contributed by atoms with Crippen molar-refractivity contribution in [2.75, 3.05) is 0 Å². The van der Waals surface area contributed by atoms with Gasteiger partial charge in [0.2, 0.25) is 0 Å². The number of thiol groups is 1. The fourth-order valence-corrected chi connectivity index (χ4v) is 0.679. The minimum atomic E-state index is 0.994. The van der Waals surface area contributed by atoms with E-state index >= 15 is 0 Å². The van der Waals surface area contributed by atoms with E-state index in [1.165, 1.54) is 0 Å². The molecule has 0 aromatic heterocycles. The summed E-state index contributed by atoms with van der Waals surface area (Å²) in [6, 6.07) is 0. The Labute approximate surface area is 62.4 Å². The standard InChI is InChI=1S/C7H13NS/c1-3-5-6-7(4-2)8-9/h3,5-6,8-9H,4H2,1-2H3/b5-3+,7-6+. The molecule has 0 saturated heterocycles.